The Balaban J connectivity index is 1.41. The minimum Gasteiger partial charge on any atom is -0.497 e. The summed E-state index contributed by atoms with van der Waals surface area (Å²) in [6.07, 6.45) is 8.19. The van der Waals surface area contributed by atoms with E-state index in [0.29, 0.717) is 5.02 Å². The van der Waals surface area contributed by atoms with Crippen LogP contribution in [0.1, 0.15) is 0 Å². The third kappa shape index (κ3) is 4.53. The normalized spacial score (nSPS) is 18.8. The van der Waals surface area contributed by atoms with Gasteiger partial charge in [-0.2, -0.15) is 5.10 Å². The zero-order chi connectivity index (χ0) is 21.9. The predicted octanol–water partition coefficient (Wildman–Crippen LogP) is 4.56. The van der Waals surface area contributed by atoms with Crippen molar-refractivity contribution in [2.24, 2.45) is 5.10 Å². The molecule has 7 heteroatoms. The van der Waals surface area contributed by atoms with E-state index in [9.17, 15) is 0 Å². The summed E-state index contributed by atoms with van der Waals surface area (Å²) < 4.78 is 10.9. The molecule has 3 aromatic rings. The summed E-state index contributed by atoms with van der Waals surface area (Å²) in [4.78, 5) is 7.17. The molecule has 0 amide bonds. The molecule has 2 aliphatic rings. The summed E-state index contributed by atoms with van der Waals surface area (Å²) in [6, 6.07) is 11.5. The number of pyridine rings is 1. The predicted molar refractivity (Wildman–Crippen MR) is 130 cm³/mol. The van der Waals surface area contributed by atoms with Gasteiger partial charge in [0.15, 0.2) is 0 Å². The number of nitrogens with zero attached hydrogens (tertiary/aromatic N) is 3. The number of anilines is 1. The van der Waals surface area contributed by atoms with Crippen LogP contribution in [0.15, 0.2) is 41.5 Å². The Morgan fingerprint density at radius 2 is 2.00 bits per heavy atom. The van der Waals surface area contributed by atoms with Crippen LogP contribution in [0.4, 0.5) is 5.69 Å². The fourth-order valence-corrected chi connectivity index (χ4v) is 4.22. The first-order chi connectivity index (χ1) is 15.7. The van der Waals surface area contributed by atoms with E-state index >= 15 is 0 Å². The van der Waals surface area contributed by atoms with Crippen LogP contribution < -0.4 is 10.2 Å². The molecule has 0 unspecified atom stereocenters. The molecule has 0 atom stereocenters. The third-order valence-electron chi connectivity index (χ3n) is 5.76. The van der Waals surface area contributed by atoms with Gasteiger partial charge in [-0.15, -0.1) is 0 Å². The molecule has 2 aromatic carbocycles. The van der Waals surface area contributed by atoms with Crippen molar-refractivity contribution in [3.05, 3.63) is 72.5 Å². The number of benzene rings is 2. The quantitative estimate of drug-likeness (QED) is 0.341. The molecule has 1 N–H and O–H groups in total. The second-order valence-corrected chi connectivity index (χ2v) is 8.23. The molecular formula is C25H24ClN4O2. The molecule has 2 fully saturated rings. The van der Waals surface area contributed by atoms with Crippen molar-refractivity contribution >= 4 is 45.3 Å². The lowest BCUT2D eigenvalue weighted by Gasteiger charge is -2.29. The molecule has 0 bridgehead atoms. The fraction of sp³-hybridized carbons (Fsp3) is 0.240. The van der Waals surface area contributed by atoms with E-state index in [1.165, 1.54) is 5.92 Å². The SMILES string of the molecule is COc1ccc2nc3cc(Cl)ccc3c(N/N=C/[C]3[CH][CH][CH][C]3CN3CCOCC3)c2c1. The van der Waals surface area contributed by atoms with Crippen molar-refractivity contribution in [2.45, 2.75) is 0 Å². The van der Waals surface area contributed by atoms with Crippen molar-refractivity contribution in [1.29, 1.82) is 0 Å². The number of aromatic nitrogens is 1. The molecule has 1 saturated carbocycles. The lowest BCUT2D eigenvalue weighted by molar-refractivity contribution is 0.0407. The number of fused-ring (bicyclic) bond motifs is 2. The minimum absolute atomic E-state index is 0.650. The Kier molecular flexibility index (Phi) is 6.44. The van der Waals surface area contributed by atoms with Gasteiger partial charge < -0.3 is 9.47 Å². The van der Waals surface area contributed by atoms with Crippen LogP contribution in [0.2, 0.25) is 5.02 Å². The molecule has 163 valence electrons. The van der Waals surface area contributed by atoms with Gasteiger partial charge in [-0.25, -0.2) is 4.98 Å². The molecule has 2 heterocycles. The van der Waals surface area contributed by atoms with Gasteiger partial charge in [0.25, 0.3) is 0 Å². The maximum Gasteiger partial charge on any atom is 0.119 e. The molecular weight excluding hydrogens is 424 g/mol. The largest absolute Gasteiger partial charge is 0.497 e. The Hall–Kier alpha value is -2.41. The molecule has 1 aliphatic carbocycles. The number of nitrogens with one attached hydrogen (secondary N) is 1. The van der Waals surface area contributed by atoms with Crippen LogP contribution in [0.3, 0.4) is 0 Å². The number of hydrogen-bond donors (Lipinski definition) is 1. The van der Waals surface area contributed by atoms with E-state index in [1.54, 1.807) is 7.11 Å². The molecule has 32 heavy (non-hydrogen) atoms. The van der Waals surface area contributed by atoms with Gasteiger partial charge in [0, 0.05) is 53.5 Å². The first-order valence-electron chi connectivity index (χ1n) is 10.6. The van der Waals surface area contributed by atoms with E-state index in [4.69, 9.17) is 26.1 Å². The number of hydrazone groups is 1. The number of ether oxygens (including phenoxy) is 2. The maximum absolute atomic E-state index is 6.22. The number of halogens is 1. The Morgan fingerprint density at radius 1 is 1.12 bits per heavy atom. The number of morpholine rings is 1. The summed E-state index contributed by atoms with van der Waals surface area (Å²) >= 11 is 6.22. The van der Waals surface area contributed by atoms with Crippen LogP contribution in [-0.2, 0) is 4.74 Å². The second-order valence-electron chi connectivity index (χ2n) is 7.80. The molecule has 6 nitrogen and oxygen atoms in total. The summed E-state index contributed by atoms with van der Waals surface area (Å²) in [6.45, 7) is 4.40. The van der Waals surface area contributed by atoms with E-state index in [-0.39, 0.29) is 0 Å². The van der Waals surface area contributed by atoms with Crippen LogP contribution >= 0.6 is 11.6 Å². The van der Waals surface area contributed by atoms with Gasteiger partial charge in [0.1, 0.15) is 5.75 Å². The zero-order valence-electron chi connectivity index (χ0n) is 17.8. The van der Waals surface area contributed by atoms with Crippen LogP contribution in [0, 0.1) is 31.1 Å². The minimum atomic E-state index is 0.650. The first kappa shape index (κ1) is 21.4. The summed E-state index contributed by atoms with van der Waals surface area (Å²) in [5.41, 5.74) is 5.80. The van der Waals surface area contributed by atoms with Gasteiger partial charge >= 0.3 is 0 Å². The molecule has 5 rings (SSSR count). The van der Waals surface area contributed by atoms with E-state index in [2.05, 4.69) is 34.7 Å². The molecule has 1 saturated heterocycles. The summed E-state index contributed by atoms with van der Waals surface area (Å²) in [5, 5.41) is 7.13. The average molecular weight is 448 g/mol. The van der Waals surface area contributed by atoms with E-state index in [1.807, 2.05) is 42.6 Å². The van der Waals surface area contributed by atoms with Gasteiger partial charge in [0.2, 0.25) is 0 Å². The van der Waals surface area contributed by atoms with Gasteiger partial charge in [-0.3, -0.25) is 10.3 Å². The number of hydrogen-bond acceptors (Lipinski definition) is 6. The van der Waals surface area contributed by atoms with Crippen LogP contribution in [0.5, 0.6) is 5.75 Å². The molecule has 0 spiro atoms. The van der Waals surface area contributed by atoms with Gasteiger partial charge in [-0.05, 0) is 55.7 Å². The van der Waals surface area contributed by atoms with E-state index in [0.717, 1.165) is 72.0 Å². The maximum atomic E-state index is 6.22. The summed E-state index contributed by atoms with van der Waals surface area (Å²) in [5.74, 6) is 3.13. The Labute approximate surface area is 193 Å². The number of rotatable bonds is 6. The van der Waals surface area contributed by atoms with Crippen LogP contribution in [0.25, 0.3) is 21.8 Å². The number of methoxy groups -OCH3 is 1. The zero-order valence-corrected chi connectivity index (χ0v) is 18.6. The Bertz CT molecular complexity index is 1130. The van der Waals surface area contributed by atoms with E-state index < -0.39 is 0 Å². The lowest BCUT2D eigenvalue weighted by atomic mass is 9.96. The van der Waals surface area contributed by atoms with Gasteiger partial charge in [-0.1, -0.05) is 11.6 Å². The topological polar surface area (TPSA) is 59.0 Å². The summed E-state index contributed by atoms with van der Waals surface area (Å²) in [7, 11) is 1.66. The second kappa shape index (κ2) is 9.61. The van der Waals surface area contributed by atoms with Gasteiger partial charge in [0.05, 0.1) is 37.0 Å². The lowest BCUT2D eigenvalue weighted by Crippen LogP contribution is -2.39. The highest BCUT2D eigenvalue weighted by Crippen LogP contribution is 2.35. The molecule has 1 aromatic heterocycles. The van der Waals surface area contributed by atoms with Crippen molar-refractivity contribution in [3.8, 4) is 5.75 Å². The third-order valence-corrected chi connectivity index (χ3v) is 6.00. The standard InChI is InChI=1S/C25H24ClN4O2/c1-31-20-6-8-23-22(14-20)25(21-7-5-19(26)13-24(21)28-23)29-27-15-17-3-2-4-18(17)16-30-9-11-32-12-10-30/h2-8,13-15H,9-12,16H2,1H3,(H,28,29)/b27-15+. The monoisotopic (exact) mass is 447 g/mol. The van der Waals surface area contributed by atoms with Crippen molar-refractivity contribution in [2.75, 3.05) is 45.4 Å². The first-order valence-corrected chi connectivity index (χ1v) is 11.0. The molecule has 5 radical (unpaired) electrons. The average Bonchev–Trinajstić information content (AvgIpc) is 3.25. The van der Waals surface area contributed by atoms with Crippen molar-refractivity contribution < 1.29 is 9.47 Å². The fourth-order valence-electron chi connectivity index (χ4n) is 4.05. The Morgan fingerprint density at radius 3 is 2.84 bits per heavy atom. The smallest absolute Gasteiger partial charge is 0.119 e. The van der Waals surface area contributed by atoms with Crippen LogP contribution in [-0.4, -0.2) is 56.1 Å². The highest BCUT2D eigenvalue weighted by molar-refractivity contribution is 6.31. The highest BCUT2D eigenvalue weighted by Gasteiger charge is 2.30. The van der Waals surface area contributed by atoms with Crippen molar-refractivity contribution in [3.63, 3.8) is 0 Å². The highest BCUT2D eigenvalue weighted by atomic mass is 35.5. The van der Waals surface area contributed by atoms with Crippen molar-refractivity contribution in [1.82, 2.24) is 9.88 Å². The molecule has 1 aliphatic heterocycles.